The monoisotopic (exact) mass is 247 g/mol. The number of thiocarbonyl (C=S) groups is 1. The Kier molecular flexibility index (Phi) is 3.41. The lowest BCUT2D eigenvalue weighted by molar-refractivity contribution is 0.590. The molecule has 0 saturated carbocycles. The van der Waals surface area contributed by atoms with Gasteiger partial charge in [0, 0.05) is 14.1 Å². The van der Waals surface area contributed by atoms with Crippen LogP contribution in [0.2, 0.25) is 0 Å². The molecule has 0 N–H and O–H groups in total. The minimum atomic E-state index is -3.66. The van der Waals surface area contributed by atoms with E-state index in [1.165, 1.54) is 17.0 Å². The van der Waals surface area contributed by atoms with Gasteiger partial charge in [-0.25, -0.2) is 12.8 Å². The summed E-state index contributed by atoms with van der Waals surface area (Å²) in [6.45, 7) is 0. The van der Waals surface area contributed by atoms with Crippen molar-refractivity contribution >= 4 is 26.4 Å². The summed E-state index contributed by atoms with van der Waals surface area (Å²) in [5.74, 6) is -0.482. The van der Waals surface area contributed by atoms with E-state index in [4.69, 9.17) is 12.2 Å². The van der Waals surface area contributed by atoms with E-state index in [-0.39, 0.29) is 9.22 Å². The van der Waals surface area contributed by atoms with Crippen LogP contribution in [0.25, 0.3) is 0 Å². The zero-order valence-electron chi connectivity index (χ0n) is 8.27. The summed E-state index contributed by atoms with van der Waals surface area (Å²) >= 11 is 4.77. The van der Waals surface area contributed by atoms with Crippen molar-refractivity contribution in [1.29, 1.82) is 0 Å². The Balaban J connectivity index is 3.18. The average Bonchev–Trinajstić information content (AvgIpc) is 2.17. The number of nitrogens with zero attached hydrogens (tertiary/aromatic N) is 1. The van der Waals surface area contributed by atoms with Crippen LogP contribution in [0.3, 0.4) is 0 Å². The van der Waals surface area contributed by atoms with Gasteiger partial charge in [0.15, 0.2) is 4.32 Å². The molecule has 0 atom stereocenters. The predicted octanol–water partition coefficient (Wildman–Crippen LogP) is 1.45. The Morgan fingerprint density at radius 3 is 2.13 bits per heavy atom. The van der Waals surface area contributed by atoms with Crippen LogP contribution in [0.4, 0.5) is 4.39 Å². The maximum Gasteiger partial charge on any atom is 0.232 e. The highest BCUT2D eigenvalue weighted by atomic mass is 32.2. The molecule has 0 aliphatic heterocycles. The Morgan fingerprint density at radius 2 is 1.73 bits per heavy atom. The van der Waals surface area contributed by atoms with Gasteiger partial charge in [-0.2, -0.15) is 0 Å². The summed E-state index contributed by atoms with van der Waals surface area (Å²) in [4.78, 5) is 1.33. The Bertz CT molecular complexity index is 465. The van der Waals surface area contributed by atoms with E-state index in [9.17, 15) is 12.8 Å². The highest BCUT2D eigenvalue weighted by molar-refractivity contribution is 8.17. The average molecular weight is 247 g/mol. The molecule has 0 spiro atoms. The van der Waals surface area contributed by atoms with E-state index in [1.54, 1.807) is 14.1 Å². The molecular weight excluding hydrogens is 237 g/mol. The standard InChI is InChI=1S/C9H10FNO2S2/c1-11(2)9(14)15(12,13)8-5-3-7(10)4-6-8/h3-6H,1-2H3. The molecule has 0 heterocycles. The Hall–Kier alpha value is -1.01. The number of hydrogen-bond acceptors (Lipinski definition) is 3. The first kappa shape index (κ1) is 12.1. The minimum Gasteiger partial charge on any atom is -0.359 e. The van der Waals surface area contributed by atoms with E-state index in [0.717, 1.165) is 12.1 Å². The first-order valence-corrected chi connectivity index (χ1v) is 5.97. The Labute approximate surface area is 93.4 Å². The molecule has 1 rings (SSSR count). The summed E-state index contributed by atoms with van der Waals surface area (Å²) in [6.07, 6.45) is 0. The molecular formula is C9H10FNO2S2. The summed E-state index contributed by atoms with van der Waals surface area (Å²) in [5.41, 5.74) is 0. The molecule has 0 aliphatic carbocycles. The van der Waals surface area contributed by atoms with Crippen LogP contribution < -0.4 is 0 Å². The van der Waals surface area contributed by atoms with Crippen molar-refractivity contribution in [1.82, 2.24) is 4.90 Å². The fourth-order valence-electron chi connectivity index (χ4n) is 0.955. The van der Waals surface area contributed by atoms with Crippen LogP contribution in [0, 0.1) is 5.82 Å². The number of sulfone groups is 1. The van der Waals surface area contributed by atoms with E-state index in [2.05, 4.69) is 0 Å². The van der Waals surface area contributed by atoms with Gasteiger partial charge in [0.2, 0.25) is 9.84 Å². The molecule has 6 heteroatoms. The van der Waals surface area contributed by atoms with Gasteiger partial charge in [0.05, 0.1) is 4.90 Å². The van der Waals surface area contributed by atoms with E-state index >= 15 is 0 Å². The molecule has 0 unspecified atom stereocenters. The first-order chi connectivity index (χ1) is 6.85. The van der Waals surface area contributed by atoms with Gasteiger partial charge >= 0.3 is 0 Å². The quantitative estimate of drug-likeness (QED) is 0.556. The molecule has 0 saturated heterocycles. The zero-order chi connectivity index (χ0) is 11.6. The second-order valence-electron chi connectivity index (χ2n) is 3.12. The lowest BCUT2D eigenvalue weighted by atomic mass is 10.4. The topological polar surface area (TPSA) is 37.4 Å². The third-order valence-electron chi connectivity index (χ3n) is 1.72. The van der Waals surface area contributed by atoms with Crippen LogP contribution in [-0.2, 0) is 9.84 Å². The van der Waals surface area contributed by atoms with Crippen molar-refractivity contribution in [3.63, 3.8) is 0 Å². The van der Waals surface area contributed by atoms with Crippen molar-refractivity contribution in [3.05, 3.63) is 30.1 Å². The maximum atomic E-state index is 12.6. The van der Waals surface area contributed by atoms with Gasteiger partial charge in [0.1, 0.15) is 5.82 Å². The van der Waals surface area contributed by atoms with Gasteiger partial charge in [-0.15, -0.1) is 0 Å². The summed E-state index contributed by atoms with van der Waals surface area (Å²) in [6, 6.07) is 4.57. The van der Waals surface area contributed by atoms with Gasteiger partial charge < -0.3 is 4.90 Å². The molecule has 0 amide bonds. The first-order valence-electron chi connectivity index (χ1n) is 4.07. The molecule has 82 valence electrons. The lowest BCUT2D eigenvalue weighted by Gasteiger charge is -2.13. The summed E-state index contributed by atoms with van der Waals surface area (Å²) in [5, 5.41) is 0. The third-order valence-corrected chi connectivity index (χ3v) is 4.46. The van der Waals surface area contributed by atoms with Crippen molar-refractivity contribution < 1.29 is 12.8 Å². The van der Waals surface area contributed by atoms with Crippen LogP contribution >= 0.6 is 12.2 Å². The van der Waals surface area contributed by atoms with Crippen LogP contribution in [-0.4, -0.2) is 31.7 Å². The Morgan fingerprint density at radius 1 is 1.27 bits per heavy atom. The second kappa shape index (κ2) is 4.24. The SMILES string of the molecule is CN(C)C(=S)S(=O)(=O)c1ccc(F)cc1. The van der Waals surface area contributed by atoms with Gasteiger partial charge in [-0.05, 0) is 36.5 Å². The van der Waals surface area contributed by atoms with Crippen molar-refractivity contribution in [2.75, 3.05) is 14.1 Å². The van der Waals surface area contributed by atoms with E-state index < -0.39 is 15.7 Å². The second-order valence-corrected chi connectivity index (χ2v) is 5.63. The predicted molar refractivity (Wildman–Crippen MR) is 59.9 cm³/mol. The van der Waals surface area contributed by atoms with Gasteiger partial charge in [-0.1, -0.05) is 0 Å². The maximum absolute atomic E-state index is 12.6. The highest BCUT2D eigenvalue weighted by Crippen LogP contribution is 2.14. The number of halogens is 1. The largest absolute Gasteiger partial charge is 0.359 e. The minimum absolute atomic E-state index is 0.00241. The lowest BCUT2D eigenvalue weighted by Crippen LogP contribution is -2.28. The van der Waals surface area contributed by atoms with Crippen molar-refractivity contribution in [2.45, 2.75) is 4.90 Å². The smallest absolute Gasteiger partial charge is 0.232 e. The fraction of sp³-hybridized carbons (Fsp3) is 0.222. The van der Waals surface area contributed by atoms with E-state index in [0.29, 0.717) is 0 Å². The number of rotatable bonds is 1. The molecule has 0 aromatic heterocycles. The van der Waals surface area contributed by atoms with E-state index in [1.807, 2.05) is 0 Å². The molecule has 0 aliphatic rings. The fourth-order valence-corrected chi connectivity index (χ4v) is 2.42. The van der Waals surface area contributed by atoms with Gasteiger partial charge in [-0.3, -0.25) is 0 Å². The van der Waals surface area contributed by atoms with Crippen LogP contribution in [0.15, 0.2) is 29.2 Å². The molecule has 1 aromatic rings. The molecule has 1 aromatic carbocycles. The molecule has 3 nitrogen and oxygen atoms in total. The molecule has 0 radical (unpaired) electrons. The molecule has 0 bridgehead atoms. The number of hydrogen-bond donors (Lipinski definition) is 0. The summed E-state index contributed by atoms with van der Waals surface area (Å²) in [7, 11) is -0.574. The van der Waals surface area contributed by atoms with Crippen LogP contribution in [0.1, 0.15) is 0 Å². The van der Waals surface area contributed by atoms with Crippen LogP contribution in [0.5, 0.6) is 0 Å². The zero-order valence-corrected chi connectivity index (χ0v) is 9.90. The van der Waals surface area contributed by atoms with Gasteiger partial charge in [0.25, 0.3) is 0 Å². The third kappa shape index (κ3) is 2.51. The van der Waals surface area contributed by atoms with Crippen molar-refractivity contribution in [3.8, 4) is 0 Å². The van der Waals surface area contributed by atoms with Crippen molar-refractivity contribution in [2.24, 2.45) is 0 Å². The highest BCUT2D eigenvalue weighted by Gasteiger charge is 2.22. The number of benzene rings is 1. The summed E-state index contributed by atoms with van der Waals surface area (Å²) < 4.78 is 36.0. The molecule has 0 fully saturated rings. The normalized spacial score (nSPS) is 11.1. The molecule has 15 heavy (non-hydrogen) atoms.